The summed E-state index contributed by atoms with van der Waals surface area (Å²) in [6.07, 6.45) is 1.17. The Morgan fingerprint density at radius 3 is 2.61 bits per heavy atom. The molecule has 1 N–H and O–H groups in total. The van der Waals surface area contributed by atoms with Crippen LogP contribution in [0.15, 0.2) is 35.4 Å². The number of aryl methyl sites for hydroxylation is 1. The van der Waals surface area contributed by atoms with Crippen molar-refractivity contribution < 1.29 is 24.2 Å². The summed E-state index contributed by atoms with van der Waals surface area (Å²) in [6.45, 7) is 7.67. The average Bonchev–Trinajstić information content (AvgIpc) is 3.07. The van der Waals surface area contributed by atoms with Gasteiger partial charge in [-0.05, 0) is 63.3 Å². The molecule has 0 spiro atoms. The molecule has 28 heavy (non-hydrogen) atoms. The van der Waals surface area contributed by atoms with E-state index in [0.29, 0.717) is 18.4 Å². The Morgan fingerprint density at radius 2 is 1.93 bits per heavy atom. The third-order valence-corrected chi connectivity index (χ3v) is 6.99. The fourth-order valence-electron chi connectivity index (χ4n) is 5.10. The molecule has 3 aliphatic rings. The molecule has 2 aliphatic carbocycles. The molecule has 5 heteroatoms. The van der Waals surface area contributed by atoms with Crippen molar-refractivity contribution in [2.24, 2.45) is 17.8 Å². The number of hydrogen-bond acceptors (Lipinski definition) is 5. The van der Waals surface area contributed by atoms with E-state index in [-0.39, 0.29) is 35.8 Å². The second-order valence-corrected chi connectivity index (χ2v) is 8.89. The predicted octanol–water partition coefficient (Wildman–Crippen LogP) is 3.58. The molecule has 0 aromatic heterocycles. The average molecular weight is 384 g/mol. The van der Waals surface area contributed by atoms with Crippen LogP contribution >= 0.6 is 0 Å². The van der Waals surface area contributed by atoms with Crippen LogP contribution in [0.3, 0.4) is 0 Å². The van der Waals surface area contributed by atoms with E-state index in [9.17, 15) is 14.7 Å². The first kappa shape index (κ1) is 19.2. The quantitative estimate of drug-likeness (QED) is 0.623. The summed E-state index contributed by atoms with van der Waals surface area (Å²) >= 11 is 0. The number of aliphatic hydroxyl groups is 1. The number of benzene rings is 1. The maximum absolute atomic E-state index is 12.6. The summed E-state index contributed by atoms with van der Waals surface area (Å²) in [5, 5.41) is 11.1. The summed E-state index contributed by atoms with van der Waals surface area (Å²) in [5.74, 6) is -0.809. The van der Waals surface area contributed by atoms with E-state index < -0.39 is 11.7 Å². The largest absolute Gasteiger partial charge is 0.457 e. The molecule has 0 bridgehead atoms. The maximum atomic E-state index is 12.6. The number of hydrogen-bond donors (Lipinski definition) is 1. The van der Waals surface area contributed by atoms with Crippen LogP contribution in [0.2, 0.25) is 0 Å². The van der Waals surface area contributed by atoms with Crippen LogP contribution in [-0.4, -0.2) is 34.9 Å². The monoisotopic (exact) mass is 384 g/mol. The molecule has 1 saturated heterocycles. The number of esters is 2. The van der Waals surface area contributed by atoms with Gasteiger partial charge in [-0.2, -0.15) is 0 Å². The second-order valence-electron chi connectivity index (χ2n) is 8.89. The van der Waals surface area contributed by atoms with Gasteiger partial charge in [0, 0.05) is 11.8 Å². The van der Waals surface area contributed by atoms with Crippen molar-refractivity contribution in [2.75, 3.05) is 0 Å². The van der Waals surface area contributed by atoms with Gasteiger partial charge in [-0.1, -0.05) is 24.6 Å². The lowest BCUT2D eigenvalue weighted by Gasteiger charge is -2.31. The topological polar surface area (TPSA) is 72.8 Å². The Hall–Kier alpha value is -2.14. The molecular weight excluding hydrogens is 356 g/mol. The third-order valence-electron chi connectivity index (χ3n) is 6.99. The highest BCUT2D eigenvalue weighted by Gasteiger charge is 2.55. The Morgan fingerprint density at radius 1 is 1.25 bits per heavy atom. The summed E-state index contributed by atoms with van der Waals surface area (Å²) < 4.78 is 11.6. The molecule has 1 heterocycles. The van der Waals surface area contributed by atoms with Gasteiger partial charge in [0.1, 0.15) is 12.2 Å². The van der Waals surface area contributed by atoms with Crippen LogP contribution in [0.4, 0.5) is 0 Å². The lowest BCUT2D eigenvalue weighted by atomic mass is 9.81. The first-order valence-corrected chi connectivity index (χ1v) is 10.1. The minimum Gasteiger partial charge on any atom is -0.457 e. The standard InChI is InChI=1S/C23H28O5/c1-12-5-7-15(8-6-12)22(25)27-18-11-17-19(14(18)3)20-16(9-10-23(17,4)26)13(2)21(24)28-20/h5-8,13,16-18,20,26H,9-11H2,1-4H3/t13-,16-,17?,18-,20-,23+/m0/s1. The molecule has 0 radical (unpaired) electrons. The predicted molar refractivity (Wildman–Crippen MR) is 104 cm³/mol. The van der Waals surface area contributed by atoms with Crippen LogP contribution in [-0.2, 0) is 14.3 Å². The molecule has 1 aliphatic heterocycles. The van der Waals surface area contributed by atoms with Gasteiger partial charge in [0.2, 0.25) is 0 Å². The zero-order chi connectivity index (χ0) is 20.2. The van der Waals surface area contributed by atoms with E-state index >= 15 is 0 Å². The fourth-order valence-corrected chi connectivity index (χ4v) is 5.10. The molecule has 5 nitrogen and oxygen atoms in total. The molecule has 1 aromatic rings. The highest BCUT2D eigenvalue weighted by molar-refractivity contribution is 5.89. The zero-order valence-corrected chi connectivity index (χ0v) is 16.9. The van der Waals surface area contributed by atoms with E-state index in [1.807, 2.05) is 39.8 Å². The van der Waals surface area contributed by atoms with Crippen LogP contribution in [0.25, 0.3) is 0 Å². The van der Waals surface area contributed by atoms with Crippen LogP contribution in [0, 0.1) is 24.7 Å². The highest BCUT2D eigenvalue weighted by atomic mass is 16.6. The second kappa shape index (κ2) is 6.73. The van der Waals surface area contributed by atoms with Gasteiger partial charge in [-0.3, -0.25) is 4.79 Å². The highest BCUT2D eigenvalue weighted by Crippen LogP contribution is 2.52. The minimum atomic E-state index is -0.905. The van der Waals surface area contributed by atoms with E-state index in [1.165, 1.54) is 0 Å². The van der Waals surface area contributed by atoms with Crippen molar-refractivity contribution in [1.82, 2.24) is 0 Å². The smallest absolute Gasteiger partial charge is 0.338 e. The summed E-state index contributed by atoms with van der Waals surface area (Å²) in [5.41, 5.74) is 2.58. The molecule has 1 saturated carbocycles. The number of fused-ring (bicyclic) bond motifs is 3. The van der Waals surface area contributed by atoms with E-state index in [1.54, 1.807) is 12.1 Å². The summed E-state index contributed by atoms with van der Waals surface area (Å²) in [7, 11) is 0. The van der Waals surface area contributed by atoms with Gasteiger partial charge in [0.15, 0.2) is 0 Å². The van der Waals surface area contributed by atoms with Gasteiger partial charge < -0.3 is 14.6 Å². The van der Waals surface area contributed by atoms with Gasteiger partial charge in [-0.25, -0.2) is 4.79 Å². The summed E-state index contributed by atoms with van der Waals surface area (Å²) in [4.78, 5) is 24.8. The van der Waals surface area contributed by atoms with Gasteiger partial charge >= 0.3 is 11.9 Å². The minimum absolute atomic E-state index is 0.0699. The van der Waals surface area contributed by atoms with Crippen molar-refractivity contribution in [3.8, 4) is 0 Å². The van der Waals surface area contributed by atoms with Crippen molar-refractivity contribution in [3.63, 3.8) is 0 Å². The molecule has 2 fully saturated rings. The Balaban J connectivity index is 1.64. The van der Waals surface area contributed by atoms with Crippen LogP contribution < -0.4 is 0 Å². The van der Waals surface area contributed by atoms with Crippen molar-refractivity contribution in [2.45, 2.75) is 64.8 Å². The molecule has 1 unspecified atom stereocenters. The third kappa shape index (κ3) is 3.06. The SMILES string of the molecule is CC1=C2C(C[C@@H]1OC(=O)c1ccc(C)cc1)[C@](C)(O)CC[C@H]1[C@H](C)C(=O)O[C@H]21. The number of carbonyl (C=O) groups is 2. The van der Waals surface area contributed by atoms with Gasteiger partial charge in [0.25, 0.3) is 0 Å². The Bertz CT molecular complexity index is 835. The Kier molecular flexibility index (Phi) is 4.61. The van der Waals surface area contributed by atoms with Gasteiger partial charge in [-0.15, -0.1) is 0 Å². The van der Waals surface area contributed by atoms with Crippen LogP contribution in [0.1, 0.15) is 56.0 Å². The molecule has 1 aromatic carbocycles. The molecule has 0 amide bonds. The van der Waals surface area contributed by atoms with E-state index in [2.05, 4.69) is 0 Å². The normalized spacial score (nSPS) is 37.2. The molecular formula is C23H28O5. The van der Waals surface area contributed by atoms with Crippen molar-refractivity contribution >= 4 is 11.9 Å². The lowest BCUT2D eigenvalue weighted by Crippen LogP contribution is -2.35. The maximum Gasteiger partial charge on any atom is 0.338 e. The number of rotatable bonds is 2. The molecule has 6 atom stereocenters. The van der Waals surface area contributed by atoms with Crippen LogP contribution in [0.5, 0.6) is 0 Å². The van der Waals surface area contributed by atoms with Gasteiger partial charge in [0.05, 0.1) is 17.1 Å². The lowest BCUT2D eigenvalue weighted by molar-refractivity contribution is -0.143. The van der Waals surface area contributed by atoms with Crippen molar-refractivity contribution in [3.05, 3.63) is 46.5 Å². The van der Waals surface area contributed by atoms with E-state index in [0.717, 1.165) is 23.1 Å². The number of ether oxygens (including phenoxy) is 2. The first-order chi connectivity index (χ1) is 13.2. The zero-order valence-electron chi connectivity index (χ0n) is 16.9. The molecule has 150 valence electrons. The number of carbonyl (C=O) groups excluding carboxylic acids is 2. The fraction of sp³-hybridized carbons (Fsp3) is 0.565. The molecule has 4 rings (SSSR count). The van der Waals surface area contributed by atoms with E-state index in [4.69, 9.17) is 9.47 Å². The summed E-state index contributed by atoms with van der Waals surface area (Å²) in [6, 6.07) is 7.30. The first-order valence-electron chi connectivity index (χ1n) is 10.1. The Labute approximate surface area is 165 Å². The van der Waals surface area contributed by atoms with Crippen molar-refractivity contribution in [1.29, 1.82) is 0 Å².